The lowest BCUT2D eigenvalue weighted by Gasteiger charge is -2.66. The van der Waals surface area contributed by atoms with Crippen molar-refractivity contribution in [3.05, 3.63) is 53.3 Å². The van der Waals surface area contributed by atoms with Crippen LogP contribution in [0.2, 0.25) is 0 Å². The summed E-state index contributed by atoms with van der Waals surface area (Å²) in [5, 5.41) is 5.38. The number of alkyl halides is 1. The van der Waals surface area contributed by atoms with Crippen LogP contribution in [-0.2, 0) is 15.6 Å². The maximum absolute atomic E-state index is 14.4. The van der Waals surface area contributed by atoms with E-state index in [2.05, 4.69) is 55.2 Å². The lowest BCUT2D eigenvalue weighted by atomic mass is 9.41. The SMILES string of the molecule is Cc1nc2ccc(-c3ccnc(N(CC45CCC(c6nc(C(C)(C)C)no6)(CC4)CC5)C(=O)CC45CC(F)(C4)C5)c3)cc2s1. The number of hydrogen-bond acceptors (Lipinski definition) is 7. The number of benzene rings is 1. The number of pyridine rings is 1. The third-order valence-electron chi connectivity index (χ3n) is 11.2. The molecule has 0 aliphatic heterocycles. The molecule has 1 aromatic carbocycles. The maximum atomic E-state index is 14.4. The molecular weight excluding hydrogens is 573 g/mol. The predicted molar refractivity (Wildman–Crippen MR) is 169 cm³/mol. The molecule has 230 valence electrons. The second-order valence-corrected chi connectivity index (χ2v) is 16.8. The molecule has 7 nitrogen and oxygen atoms in total. The number of amides is 1. The summed E-state index contributed by atoms with van der Waals surface area (Å²) in [6.07, 6.45) is 9.75. The normalized spacial score (nSPS) is 30.7. The monoisotopic (exact) mass is 613 g/mol. The Morgan fingerprint density at radius 1 is 0.977 bits per heavy atom. The zero-order valence-corrected chi connectivity index (χ0v) is 26.9. The molecule has 3 heterocycles. The van der Waals surface area contributed by atoms with Crippen LogP contribution in [0.3, 0.4) is 0 Å². The molecule has 0 radical (unpaired) electrons. The highest BCUT2D eigenvalue weighted by atomic mass is 32.1. The first kappa shape index (κ1) is 28.3. The van der Waals surface area contributed by atoms with Crippen LogP contribution in [-0.4, -0.2) is 38.2 Å². The fourth-order valence-corrected chi connectivity index (χ4v) is 9.49. The lowest BCUT2D eigenvalue weighted by Crippen LogP contribution is -2.65. The summed E-state index contributed by atoms with van der Waals surface area (Å²) in [5.41, 5.74) is 1.74. The molecule has 0 unspecified atom stereocenters. The third-order valence-corrected chi connectivity index (χ3v) is 12.1. The zero-order valence-electron chi connectivity index (χ0n) is 26.1. The molecule has 9 heteroatoms. The Bertz CT molecular complexity index is 1740. The molecule has 6 aliphatic rings. The van der Waals surface area contributed by atoms with Gasteiger partial charge >= 0.3 is 0 Å². The van der Waals surface area contributed by atoms with Gasteiger partial charge in [0.05, 0.1) is 15.2 Å². The van der Waals surface area contributed by atoms with E-state index in [9.17, 15) is 9.18 Å². The minimum Gasteiger partial charge on any atom is -0.339 e. The Morgan fingerprint density at radius 3 is 2.34 bits per heavy atom. The molecule has 0 saturated heterocycles. The number of carbonyl (C=O) groups excluding carboxylic acids is 1. The first-order valence-corrected chi connectivity index (χ1v) is 16.9. The van der Waals surface area contributed by atoms with Crippen LogP contribution in [0, 0.1) is 17.8 Å². The molecule has 44 heavy (non-hydrogen) atoms. The van der Waals surface area contributed by atoms with Crippen LogP contribution < -0.4 is 4.90 Å². The average Bonchev–Trinajstić information content (AvgIpc) is 3.62. The van der Waals surface area contributed by atoms with E-state index in [1.54, 1.807) is 11.3 Å². The number of rotatable bonds is 7. The molecule has 4 aromatic rings. The van der Waals surface area contributed by atoms with Gasteiger partial charge in [0.15, 0.2) is 5.82 Å². The number of aryl methyl sites for hydroxylation is 1. The van der Waals surface area contributed by atoms with Crippen molar-refractivity contribution in [2.75, 3.05) is 11.4 Å². The number of hydrogen-bond donors (Lipinski definition) is 0. The van der Waals surface area contributed by atoms with Crippen molar-refractivity contribution in [3.63, 3.8) is 0 Å². The minimum atomic E-state index is -1.02. The van der Waals surface area contributed by atoms with Crippen molar-refractivity contribution in [2.45, 2.75) is 108 Å². The molecule has 0 atom stereocenters. The number of fused-ring (bicyclic) bond motifs is 4. The van der Waals surface area contributed by atoms with E-state index < -0.39 is 5.67 Å². The highest BCUT2D eigenvalue weighted by Gasteiger charge is 2.69. The fourth-order valence-electron chi connectivity index (χ4n) is 8.63. The van der Waals surface area contributed by atoms with Crippen LogP contribution in [0.5, 0.6) is 0 Å². The number of carbonyl (C=O) groups is 1. The van der Waals surface area contributed by atoms with Crippen LogP contribution in [0.25, 0.3) is 21.3 Å². The molecule has 10 rings (SSSR count). The van der Waals surface area contributed by atoms with E-state index in [0.29, 0.717) is 38.0 Å². The summed E-state index contributed by atoms with van der Waals surface area (Å²) < 4.78 is 21.4. The van der Waals surface area contributed by atoms with E-state index in [1.165, 1.54) is 0 Å². The summed E-state index contributed by atoms with van der Waals surface area (Å²) in [5.74, 6) is 2.32. The van der Waals surface area contributed by atoms with Crippen molar-refractivity contribution >= 4 is 33.3 Å². The lowest BCUT2D eigenvalue weighted by molar-refractivity contribution is -0.215. The largest absolute Gasteiger partial charge is 0.339 e. The van der Waals surface area contributed by atoms with E-state index in [0.717, 1.165) is 76.6 Å². The van der Waals surface area contributed by atoms with E-state index in [-0.39, 0.29) is 27.6 Å². The smallest absolute Gasteiger partial charge is 0.232 e. The third kappa shape index (κ3) is 4.60. The van der Waals surface area contributed by atoms with E-state index in [4.69, 9.17) is 14.5 Å². The molecule has 6 saturated carbocycles. The van der Waals surface area contributed by atoms with Crippen LogP contribution in [0.4, 0.5) is 10.2 Å². The van der Waals surface area contributed by atoms with Gasteiger partial charge in [-0.25, -0.2) is 14.4 Å². The van der Waals surface area contributed by atoms with Crippen LogP contribution in [0.15, 0.2) is 41.1 Å². The van der Waals surface area contributed by atoms with Gasteiger partial charge in [-0.3, -0.25) is 9.69 Å². The molecule has 6 aliphatic carbocycles. The Kier molecular flexibility index (Phi) is 6.05. The topological polar surface area (TPSA) is 85.0 Å². The number of nitrogens with zero attached hydrogens (tertiary/aromatic N) is 5. The standard InChI is InChI=1S/C35H40FN5O2S/c1-22-38-25-6-5-23(15-26(25)44-22)24-7-14-37-27(16-24)41(28(42)17-33-18-35(36,19-33)20-33)21-32-8-11-34(12-9-32,13-10-32)30-39-29(40-43-30)31(2,3)4/h5-7,14-16H,8-13,17-21H2,1-4H3. The van der Waals surface area contributed by atoms with Crippen molar-refractivity contribution < 1.29 is 13.7 Å². The first-order valence-electron chi connectivity index (χ1n) is 16.0. The number of anilines is 1. The second-order valence-electron chi connectivity index (χ2n) is 15.6. The van der Waals surface area contributed by atoms with Crippen LogP contribution >= 0.6 is 11.3 Å². The average molecular weight is 614 g/mol. The minimum absolute atomic E-state index is 0.0157. The molecule has 0 N–H and O–H groups in total. The van der Waals surface area contributed by atoms with E-state index >= 15 is 0 Å². The predicted octanol–water partition coefficient (Wildman–Crippen LogP) is 8.25. The summed E-state index contributed by atoms with van der Waals surface area (Å²) in [6.45, 7) is 9.00. The van der Waals surface area contributed by atoms with Gasteiger partial charge in [0.2, 0.25) is 11.8 Å². The van der Waals surface area contributed by atoms with Gasteiger partial charge in [-0.1, -0.05) is 32.0 Å². The summed E-state index contributed by atoms with van der Waals surface area (Å²) in [6, 6.07) is 10.4. The Balaban J connectivity index is 1.07. The fraction of sp³-hybridized carbons (Fsp3) is 0.571. The highest BCUT2D eigenvalue weighted by molar-refractivity contribution is 7.18. The second kappa shape index (κ2) is 9.41. The van der Waals surface area contributed by atoms with Gasteiger partial charge in [0, 0.05) is 30.0 Å². The molecule has 6 fully saturated rings. The molecule has 3 aromatic heterocycles. The number of halogens is 1. The molecule has 1 amide bonds. The van der Waals surface area contributed by atoms with Gasteiger partial charge < -0.3 is 4.52 Å². The maximum Gasteiger partial charge on any atom is 0.232 e. The molecule has 0 spiro atoms. The summed E-state index contributed by atoms with van der Waals surface area (Å²) >= 11 is 1.69. The molecular formula is C35H40FN5O2S. The first-order chi connectivity index (χ1) is 20.9. The zero-order chi connectivity index (χ0) is 30.5. The Morgan fingerprint density at radius 2 is 1.68 bits per heavy atom. The Labute approximate surface area is 261 Å². The molecule has 4 bridgehead atoms. The van der Waals surface area contributed by atoms with Crippen molar-refractivity contribution in [2.24, 2.45) is 10.8 Å². The van der Waals surface area contributed by atoms with Crippen LogP contribution in [0.1, 0.15) is 102 Å². The van der Waals surface area contributed by atoms with Gasteiger partial charge in [-0.2, -0.15) is 4.98 Å². The van der Waals surface area contributed by atoms with Gasteiger partial charge in [-0.15, -0.1) is 11.3 Å². The van der Waals surface area contributed by atoms with Crippen molar-refractivity contribution in [1.29, 1.82) is 0 Å². The summed E-state index contributed by atoms with van der Waals surface area (Å²) in [7, 11) is 0. The highest BCUT2D eigenvalue weighted by Crippen LogP contribution is 2.71. The summed E-state index contributed by atoms with van der Waals surface area (Å²) in [4.78, 5) is 30.4. The Hall–Kier alpha value is -3.20. The quantitative estimate of drug-likeness (QED) is 0.209. The van der Waals surface area contributed by atoms with Gasteiger partial charge in [0.25, 0.3) is 0 Å². The van der Waals surface area contributed by atoms with Gasteiger partial charge in [0.1, 0.15) is 11.5 Å². The number of aromatic nitrogens is 4. The number of thiazole rings is 1. The van der Waals surface area contributed by atoms with Crippen molar-refractivity contribution in [1.82, 2.24) is 20.1 Å². The van der Waals surface area contributed by atoms with Crippen molar-refractivity contribution in [3.8, 4) is 11.1 Å². The van der Waals surface area contributed by atoms with Gasteiger partial charge in [-0.05, 0) is 111 Å². The van der Waals surface area contributed by atoms with E-state index in [1.807, 2.05) is 24.1 Å².